The van der Waals surface area contributed by atoms with Crippen LogP contribution in [0.15, 0.2) is 69.9 Å². The average molecular weight is 502 g/mol. The molecule has 36 heavy (non-hydrogen) atoms. The Bertz CT molecular complexity index is 1510. The number of nitrogens with zero attached hydrogens (tertiary/aromatic N) is 1. The highest BCUT2D eigenvalue weighted by Crippen LogP contribution is 2.42. The number of hydrogen-bond acceptors (Lipinski definition) is 4. The maximum Gasteiger partial charge on any atom is 0.295 e. The largest absolute Gasteiger partial charge is 0.494 e. The van der Waals surface area contributed by atoms with Crippen LogP contribution < -0.4 is 15.1 Å². The number of halogens is 1. The molecule has 6 heteroatoms. The first-order chi connectivity index (χ1) is 17.4. The zero-order valence-corrected chi connectivity index (χ0v) is 21.4. The molecule has 0 aliphatic carbocycles. The topological polar surface area (TPSA) is 59.8 Å². The van der Waals surface area contributed by atoms with Crippen LogP contribution in [0.3, 0.4) is 0 Å². The van der Waals surface area contributed by atoms with Crippen molar-refractivity contribution in [2.45, 2.75) is 46.1 Å². The summed E-state index contributed by atoms with van der Waals surface area (Å²) < 4.78 is 11.9. The molecule has 0 saturated heterocycles. The van der Waals surface area contributed by atoms with Gasteiger partial charge in [0.2, 0.25) is 5.76 Å². The lowest BCUT2D eigenvalue weighted by Crippen LogP contribution is -2.29. The molecule has 0 radical (unpaired) electrons. The van der Waals surface area contributed by atoms with Crippen LogP contribution in [0.1, 0.15) is 65.0 Å². The van der Waals surface area contributed by atoms with Crippen molar-refractivity contribution in [2.24, 2.45) is 0 Å². The Morgan fingerprint density at radius 1 is 0.972 bits per heavy atom. The molecule has 1 atom stereocenters. The number of aryl methyl sites for hydroxylation is 2. The van der Waals surface area contributed by atoms with E-state index in [1.807, 2.05) is 62.4 Å². The van der Waals surface area contributed by atoms with Crippen LogP contribution in [-0.2, 0) is 0 Å². The molecule has 4 aromatic rings. The molecule has 5 nitrogen and oxygen atoms in total. The molecular weight excluding hydrogens is 474 g/mol. The molecule has 184 valence electrons. The number of benzene rings is 3. The summed E-state index contributed by atoms with van der Waals surface area (Å²) in [5.74, 6) is 0.456. The van der Waals surface area contributed by atoms with Gasteiger partial charge in [-0.2, -0.15) is 0 Å². The molecule has 3 aromatic carbocycles. The van der Waals surface area contributed by atoms with Crippen LogP contribution in [0, 0.1) is 13.8 Å². The van der Waals surface area contributed by atoms with Gasteiger partial charge in [0.05, 0.1) is 23.6 Å². The molecule has 0 saturated carbocycles. The molecule has 5 rings (SSSR count). The molecule has 1 aliphatic heterocycles. The van der Waals surface area contributed by atoms with Gasteiger partial charge >= 0.3 is 0 Å². The molecule has 1 aliphatic rings. The van der Waals surface area contributed by atoms with Crippen molar-refractivity contribution in [1.82, 2.24) is 0 Å². The van der Waals surface area contributed by atoms with E-state index in [-0.39, 0.29) is 17.1 Å². The van der Waals surface area contributed by atoms with E-state index in [4.69, 9.17) is 20.8 Å². The number of hydrogen-bond donors (Lipinski definition) is 0. The van der Waals surface area contributed by atoms with Gasteiger partial charge in [-0.1, -0.05) is 61.2 Å². The Morgan fingerprint density at radius 3 is 2.47 bits per heavy atom. The van der Waals surface area contributed by atoms with Crippen molar-refractivity contribution in [2.75, 3.05) is 11.5 Å². The number of ether oxygens (including phenoxy) is 1. The SMILES string of the molecule is CCCCCOc1ccc(C2c3c(oc4ccc(C)cc4c3=O)C(=O)N2c2ccc(C)c(Cl)c2)cc1. The molecule has 1 amide bonds. The van der Waals surface area contributed by atoms with Crippen molar-refractivity contribution in [3.63, 3.8) is 0 Å². The van der Waals surface area contributed by atoms with Gasteiger partial charge in [-0.15, -0.1) is 0 Å². The van der Waals surface area contributed by atoms with E-state index >= 15 is 0 Å². The van der Waals surface area contributed by atoms with E-state index in [0.29, 0.717) is 33.8 Å². The molecule has 2 heterocycles. The van der Waals surface area contributed by atoms with Gasteiger partial charge in [-0.25, -0.2) is 0 Å². The summed E-state index contributed by atoms with van der Waals surface area (Å²) in [6.07, 6.45) is 3.25. The summed E-state index contributed by atoms with van der Waals surface area (Å²) in [6, 6.07) is 17.8. The summed E-state index contributed by atoms with van der Waals surface area (Å²) in [4.78, 5) is 29.1. The van der Waals surface area contributed by atoms with Gasteiger partial charge in [-0.3, -0.25) is 14.5 Å². The van der Waals surface area contributed by atoms with Crippen molar-refractivity contribution >= 4 is 34.2 Å². The van der Waals surface area contributed by atoms with Crippen molar-refractivity contribution < 1.29 is 13.9 Å². The Morgan fingerprint density at radius 2 is 1.75 bits per heavy atom. The van der Waals surface area contributed by atoms with E-state index in [0.717, 1.165) is 41.7 Å². The van der Waals surface area contributed by atoms with E-state index in [1.54, 1.807) is 17.0 Å². The Balaban J connectivity index is 1.64. The predicted octanol–water partition coefficient (Wildman–Crippen LogP) is 7.38. The maximum atomic E-state index is 13.8. The van der Waals surface area contributed by atoms with E-state index < -0.39 is 6.04 Å². The Labute approximate surface area is 215 Å². The van der Waals surface area contributed by atoms with E-state index in [2.05, 4.69) is 6.92 Å². The minimum Gasteiger partial charge on any atom is -0.494 e. The summed E-state index contributed by atoms with van der Waals surface area (Å²) in [6.45, 7) is 6.64. The minimum atomic E-state index is -0.651. The van der Waals surface area contributed by atoms with Gasteiger partial charge in [0.25, 0.3) is 5.91 Å². The zero-order valence-electron chi connectivity index (χ0n) is 20.6. The second-order valence-corrected chi connectivity index (χ2v) is 9.72. The van der Waals surface area contributed by atoms with E-state index in [1.165, 1.54) is 0 Å². The molecule has 1 aromatic heterocycles. The second kappa shape index (κ2) is 9.82. The summed E-state index contributed by atoms with van der Waals surface area (Å²) >= 11 is 6.43. The van der Waals surface area contributed by atoms with Crippen molar-refractivity contribution in [3.05, 3.63) is 104 Å². The normalized spacial score (nSPS) is 14.9. The first-order valence-corrected chi connectivity index (χ1v) is 12.7. The lowest BCUT2D eigenvalue weighted by molar-refractivity contribution is 0.0971. The Kier molecular flexibility index (Phi) is 6.59. The highest BCUT2D eigenvalue weighted by Gasteiger charge is 2.43. The lowest BCUT2D eigenvalue weighted by atomic mass is 9.97. The summed E-state index contributed by atoms with van der Waals surface area (Å²) in [5.41, 5.74) is 3.78. The highest BCUT2D eigenvalue weighted by atomic mass is 35.5. The smallest absolute Gasteiger partial charge is 0.295 e. The fourth-order valence-electron chi connectivity index (χ4n) is 4.69. The number of fused-ring (bicyclic) bond motifs is 2. The van der Waals surface area contributed by atoms with Crippen LogP contribution in [0.5, 0.6) is 5.75 Å². The number of rotatable bonds is 7. The number of carbonyl (C=O) groups is 1. The molecule has 0 bridgehead atoms. The van der Waals surface area contributed by atoms with Crippen molar-refractivity contribution in [3.8, 4) is 5.75 Å². The molecule has 0 N–H and O–H groups in total. The third-order valence-electron chi connectivity index (χ3n) is 6.67. The molecule has 0 fully saturated rings. The quantitative estimate of drug-likeness (QED) is 0.248. The van der Waals surface area contributed by atoms with Crippen molar-refractivity contribution in [1.29, 1.82) is 0 Å². The minimum absolute atomic E-state index is 0.0675. The van der Waals surface area contributed by atoms with Crippen LogP contribution in [0.4, 0.5) is 5.69 Å². The first-order valence-electron chi connectivity index (χ1n) is 12.3. The van der Waals surface area contributed by atoms with E-state index in [9.17, 15) is 9.59 Å². The second-order valence-electron chi connectivity index (χ2n) is 9.31. The molecule has 0 spiro atoms. The average Bonchev–Trinajstić information content (AvgIpc) is 3.17. The van der Waals surface area contributed by atoms with Gasteiger partial charge in [0, 0.05) is 10.7 Å². The highest BCUT2D eigenvalue weighted by molar-refractivity contribution is 6.31. The first kappa shape index (κ1) is 24.1. The zero-order chi connectivity index (χ0) is 25.4. The van der Waals surface area contributed by atoms with Gasteiger partial charge < -0.3 is 9.15 Å². The monoisotopic (exact) mass is 501 g/mol. The number of anilines is 1. The molecular formula is C30H28ClNO4. The fraction of sp³-hybridized carbons (Fsp3) is 0.267. The summed E-state index contributed by atoms with van der Waals surface area (Å²) in [5, 5.41) is 1.01. The van der Waals surface area contributed by atoms with Crippen LogP contribution >= 0.6 is 11.6 Å². The third kappa shape index (κ3) is 4.28. The van der Waals surface area contributed by atoms with Crippen LogP contribution in [-0.4, -0.2) is 12.5 Å². The fourth-order valence-corrected chi connectivity index (χ4v) is 4.86. The number of unbranched alkanes of at least 4 members (excludes halogenated alkanes) is 2. The lowest BCUT2D eigenvalue weighted by Gasteiger charge is -2.26. The predicted molar refractivity (Wildman–Crippen MR) is 144 cm³/mol. The van der Waals surface area contributed by atoms with Crippen LogP contribution in [0.2, 0.25) is 5.02 Å². The number of carbonyl (C=O) groups excluding carboxylic acids is 1. The van der Waals surface area contributed by atoms with Gasteiger partial charge in [0.15, 0.2) is 5.43 Å². The summed E-state index contributed by atoms with van der Waals surface area (Å²) in [7, 11) is 0. The maximum absolute atomic E-state index is 13.8. The van der Waals surface area contributed by atoms with Gasteiger partial charge in [-0.05, 0) is 67.8 Å². The number of amides is 1. The Hall–Kier alpha value is -3.57. The third-order valence-corrected chi connectivity index (χ3v) is 7.08. The molecule has 1 unspecified atom stereocenters. The van der Waals surface area contributed by atoms with Gasteiger partial charge in [0.1, 0.15) is 11.3 Å². The standard InChI is InChI=1S/C30H28ClNO4/c1-4-5-6-15-35-22-12-9-20(10-13-22)27-26-28(33)23-16-18(2)7-14-25(23)36-29(26)30(34)32(27)21-11-8-19(3)24(31)17-21/h7-14,16-17,27H,4-6,15H2,1-3H3. The van der Waals surface area contributed by atoms with Crippen LogP contribution in [0.25, 0.3) is 11.0 Å².